The summed E-state index contributed by atoms with van der Waals surface area (Å²) >= 11 is 0. The summed E-state index contributed by atoms with van der Waals surface area (Å²) in [6.07, 6.45) is 2.47. The molecule has 1 aromatic rings. The molecule has 1 fully saturated rings. The largest absolute Gasteiger partial charge is 0.325 e. The topological polar surface area (TPSA) is 64.9 Å². The summed E-state index contributed by atoms with van der Waals surface area (Å²) in [6, 6.07) is 5.67. The fourth-order valence-corrected chi connectivity index (χ4v) is 1.61. The highest BCUT2D eigenvalue weighted by Gasteiger charge is 2.20. The van der Waals surface area contributed by atoms with E-state index in [0.717, 1.165) is 6.54 Å². The highest BCUT2D eigenvalue weighted by molar-refractivity contribution is 5.92. The molecule has 0 spiro atoms. The predicted octanol–water partition coefficient (Wildman–Crippen LogP) is 1.64. The molecule has 94 valence electrons. The lowest BCUT2D eigenvalue weighted by Gasteiger charge is -2.06. The molecule has 0 saturated heterocycles. The van der Waals surface area contributed by atoms with E-state index in [2.05, 4.69) is 10.6 Å². The van der Waals surface area contributed by atoms with E-state index in [4.69, 9.17) is 5.26 Å². The Morgan fingerprint density at radius 1 is 1.50 bits per heavy atom. The molecule has 0 unspecified atom stereocenters. The molecule has 1 aromatic carbocycles. The predicted molar refractivity (Wildman–Crippen MR) is 65.3 cm³/mol. The lowest BCUT2D eigenvalue weighted by atomic mass is 10.2. The van der Waals surface area contributed by atoms with E-state index < -0.39 is 5.82 Å². The quantitative estimate of drug-likeness (QED) is 0.831. The lowest BCUT2D eigenvalue weighted by molar-refractivity contribution is -0.115. The maximum Gasteiger partial charge on any atom is 0.238 e. The third kappa shape index (κ3) is 3.54. The Morgan fingerprint density at radius 3 is 2.94 bits per heavy atom. The van der Waals surface area contributed by atoms with Crippen molar-refractivity contribution in [3.63, 3.8) is 0 Å². The smallest absolute Gasteiger partial charge is 0.238 e. The standard InChI is InChI=1S/C13H14FN3O/c14-12-4-3-11(5-10(12)6-15)17-13(18)8-16-7-9-1-2-9/h3-5,9,16H,1-2,7-8H2,(H,17,18). The monoisotopic (exact) mass is 247 g/mol. The van der Waals surface area contributed by atoms with Crippen LogP contribution in [0.2, 0.25) is 0 Å². The fraction of sp³-hybridized carbons (Fsp3) is 0.385. The molecule has 5 heteroatoms. The first-order chi connectivity index (χ1) is 8.69. The van der Waals surface area contributed by atoms with Crippen molar-refractivity contribution in [3.05, 3.63) is 29.6 Å². The highest BCUT2D eigenvalue weighted by atomic mass is 19.1. The molecule has 1 amide bonds. The second-order valence-electron chi connectivity index (χ2n) is 4.43. The minimum Gasteiger partial charge on any atom is -0.325 e. The number of carbonyl (C=O) groups excluding carboxylic acids is 1. The summed E-state index contributed by atoms with van der Waals surface area (Å²) in [5.41, 5.74) is 0.366. The summed E-state index contributed by atoms with van der Waals surface area (Å²) in [5.74, 6) is -0.0534. The molecule has 18 heavy (non-hydrogen) atoms. The average Bonchev–Trinajstić information content (AvgIpc) is 3.15. The molecule has 2 rings (SSSR count). The molecular formula is C13H14FN3O. The third-order valence-corrected chi connectivity index (χ3v) is 2.79. The minimum atomic E-state index is -0.581. The number of nitrogens with zero attached hydrogens (tertiary/aromatic N) is 1. The average molecular weight is 247 g/mol. The Hall–Kier alpha value is -1.93. The van der Waals surface area contributed by atoms with Crippen LogP contribution in [0.4, 0.5) is 10.1 Å². The van der Waals surface area contributed by atoms with Crippen LogP contribution in [0.3, 0.4) is 0 Å². The SMILES string of the molecule is N#Cc1cc(NC(=O)CNCC2CC2)ccc1F. The van der Waals surface area contributed by atoms with Crippen LogP contribution in [0.15, 0.2) is 18.2 Å². The normalized spacial score (nSPS) is 14.0. The Kier molecular flexibility index (Phi) is 3.90. The van der Waals surface area contributed by atoms with E-state index in [0.29, 0.717) is 11.6 Å². The van der Waals surface area contributed by atoms with Crippen LogP contribution in [0.5, 0.6) is 0 Å². The van der Waals surface area contributed by atoms with Gasteiger partial charge in [-0.3, -0.25) is 4.79 Å². The molecular weight excluding hydrogens is 233 g/mol. The number of nitriles is 1. The van der Waals surface area contributed by atoms with E-state index >= 15 is 0 Å². The number of halogens is 1. The van der Waals surface area contributed by atoms with Gasteiger partial charge in [0, 0.05) is 5.69 Å². The van der Waals surface area contributed by atoms with Crippen LogP contribution in [0, 0.1) is 23.1 Å². The van der Waals surface area contributed by atoms with Gasteiger partial charge in [-0.05, 0) is 43.5 Å². The molecule has 1 aliphatic rings. The zero-order valence-corrected chi connectivity index (χ0v) is 9.87. The van der Waals surface area contributed by atoms with Crippen LogP contribution < -0.4 is 10.6 Å². The summed E-state index contributed by atoms with van der Waals surface area (Å²) in [6.45, 7) is 1.09. The van der Waals surface area contributed by atoms with Gasteiger partial charge in [0.2, 0.25) is 5.91 Å². The minimum absolute atomic E-state index is 0.0706. The summed E-state index contributed by atoms with van der Waals surface area (Å²) in [4.78, 5) is 11.5. The van der Waals surface area contributed by atoms with Gasteiger partial charge in [-0.15, -0.1) is 0 Å². The molecule has 0 atom stereocenters. The van der Waals surface area contributed by atoms with E-state index in [1.165, 1.54) is 31.0 Å². The van der Waals surface area contributed by atoms with Crippen molar-refractivity contribution in [3.8, 4) is 6.07 Å². The molecule has 0 aliphatic heterocycles. The van der Waals surface area contributed by atoms with Crippen LogP contribution in [-0.2, 0) is 4.79 Å². The van der Waals surface area contributed by atoms with Crippen molar-refractivity contribution >= 4 is 11.6 Å². The van der Waals surface area contributed by atoms with Crippen molar-refractivity contribution in [1.29, 1.82) is 5.26 Å². The Morgan fingerprint density at radius 2 is 2.28 bits per heavy atom. The van der Waals surface area contributed by atoms with E-state index in [1.807, 2.05) is 0 Å². The molecule has 2 N–H and O–H groups in total. The number of nitrogens with one attached hydrogen (secondary N) is 2. The molecule has 0 aromatic heterocycles. The van der Waals surface area contributed by atoms with Crippen molar-refractivity contribution in [2.24, 2.45) is 5.92 Å². The van der Waals surface area contributed by atoms with Gasteiger partial charge >= 0.3 is 0 Å². The molecule has 1 saturated carbocycles. The van der Waals surface area contributed by atoms with E-state index in [1.54, 1.807) is 6.07 Å². The molecule has 0 heterocycles. The third-order valence-electron chi connectivity index (χ3n) is 2.79. The zero-order valence-electron chi connectivity index (χ0n) is 9.87. The van der Waals surface area contributed by atoms with Crippen molar-refractivity contribution in [2.75, 3.05) is 18.4 Å². The van der Waals surface area contributed by atoms with Gasteiger partial charge in [0.05, 0.1) is 12.1 Å². The first-order valence-corrected chi connectivity index (χ1v) is 5.89. The van der Waals surface area contributed by atoms with Gasteiger partial charge in [-0.1, -0.05) is 0 Å². The Labute approximate surface area is 105 Å². The molecule has 0 radical (unpaired) electrons. The van der Waals surface area contributed by atoms with Gasteiger partial charge in [-0.2, -0.15) is 5.26 Å². The van der Waals surface area contributed by atoms with Crippen LogP contribution in [0.25, 0.3) is 0 Å². The molecule has 0 bridgehead atoms. The number of benzene rings is 1. The highest BCUT2D eigenvalue weighted by Crippen LogP contribution is 2.27. The summed E-state index contributed by atoms with van der Waals surface area (Å²) in [5, 5.41) is 14.3. The van der Waals surface area contributed by atoms with Gasteiger partial charge < -0.3 is 10.6 Å². The fourth-order valence-electron chi connectivity index (χ4n) is 1.61. The second-order valence-corrected chi connectivity index (χ2v) is 4.43. The van der Waals surface area contributed by atoms with Gasteiger partial charge in [-0.25, -0.2) is 4.39 Å². The Bertz CT molecular complexity index is 491. The molecule has 4 nitrogen and oxygen atoms in total. The van der Waals surface area contributed by atoms with E-state index in [-0.39, 0.29) is 18.0 Å². The zero-order chi connectivity index (χ0) is 13.0. The van der Waals surface area contributed by atoms with Gasteiger partial charge in [0.1, 0.15) is 11.9 Å². The maximum absolute atomic E-state index is 13.1. The van der Waals surface area contributed by atoms with Crippen LogP contribution in [-0.4, -0.2) is 19.0 Å². The molecule has 1 aliphatic carbocycles. The van der Waals surface area contributed by atoms with Gasteiger partial charge in [0.25, 0.3) is 0 Å². The number of rotatable bonds is 5. The maximum atomic E-state index is 13.1. The number of hydrogen-bond acceptors (Lipinski definition) is 3. The van der Waals surface area contributed by atoms with Crippen molar-refractivity contribution < 1.29 is 9.18 Å². The number of amides is 1. The number of carbonyl (C=O) groups is 1. The summed E-state index contributed by atoms with van der Waals surface area (Å²) in [7, 11) is 0. The Balaban J connectivity index is 1.84. The first-order valence-electron chi connectivity index (χ1n) is 5.89. The number of anilines is 1. The van der Waals surface area contributed by atoms with Gasteiger partial charge in [0.15, 0.2) is 0 Å². The van der Waals surface area contributed by atoms with Crippen LogP contribution in [0.1, 0.15) is 18.4 Å². The summed E-state index contributed by atoms with van der Waals surface area (Å²) < 4.78 is 13.1. The first kappa shape index (κ1) is 12.5. The van der Waals surface area contributed by atoms with Crippen molar-refractivity contribution in [1.82, 2.24) is 5.32 Å². The lowest BCUT2D eigenvalue weighted by Crippen LogP contribution is -2.29. The van der Waals surface area contributed by atoms with Crippen molar-refractivity contribution in [2.45, 2.75) is 12.8 Å². The number of hydrogen-bond donors (Lipinski definition) is 2. The van der Waals surface area contributed by atoms with Crippen LogP contribution >= 0.6 is 0 Å². The van der Waals surface area contributed by atoms with E-state index in [9.17, 15) is 9.18 Å². The second kappa shape index (κ2) is 5.61.